The van der Waals surface area contributed by atoms with E-state index in [4.69, 9.17) is 47.4 Å². The van der Waals surface area contributed by atoms with E-state index in [0.29, 0.717) is 0 Å². The van der Waals surface area contributed by atoms with Crippen molar-refractivity contribution >= 4 is 29.6 Å². The zero-order valence-electron chi connectivity index (χ0n) is 46.0. The molecule has 5 rings (SSSR count). The van der Waals surface area contributed by atoms with Crippen LogP contribution in [0.4, 0.5) is 0 Å². The SMILES string of the molecule is CC(=O)N[C@H]1[C@H](OC[C@H]2O[C@H](O[C@@H]([C@@H](O)[C@H](O)CO)[C@H](CO)NC(C)=O)[C@H](NC(C)=O)[C@@H](O[C@@H]3O[C@H](CO)[C@H](O)[C@H](O[C@]4(C(=O)O)C[C@H](O)[C@@H](NC(C)=O)[C@H]([C@H](O)[C@H](O)CO)O4)[C@H]3O)[C@H]2O)O[C@H](CO)[C@@H](O[C@@H]2O[C@H](CO)[C@H](O)[C@H](O)[C@H]2O)[C@@H]1O. The summed E-state index contributed by atoms with van der Waals surface area (Å²) in [5.74, 6) is -9.03. The van der Waals surface area contributed by atoms with Gasteiger partial charge in [-0.25, -0.2) is 4.79 Å². The molecule has 0 aliphatic carbocycles. The minimum absolute atomic E-state index is 0.861. The van der Waals surface area contributed by atoms with Gasteiger partial charge in [0.25, 0.3) is 5.79 Å². The highest BCUT2D eigenvalue weighted by Crippen LogP contribution is 2.39. The van der Waals surface area contributed by atoms with Gasteiger partial charge in [-0.05, 0) is 0 Å². The van der Waals surface area contributed by atoms with Crippen molar-refractivity contribution in [2.75, 3.05) is 46.2 Å². The van der Waals surface area contributed by atoms with Crippen LogP contribution in [0.5, 0.6) is 0 Å². The molecule has 5 aliphatic rings. The van der Waals surface area contributed by atoms with Crippen molar-refractivity contribution in [3.63, 3.8) is 0 Å². The number of hydrogen-bond donors (Lipinski definition) is 23. The number of amides is 4. The van der Waals surface area contributed by atoms with Gasteiger partial charge in [0.05, 0.1) is 64.4 Å². The lowest BCUT2D eigenvalue weighted by molar-refractivity contribution is -0.384. The fraction of sp³-hybridized carbons (Fsp3) is 0.894. The Bertz CT molecular complexity index is 2160. The number of hydrogen-bond acceptors (Lipinski definition) is 33. The van der Waals surface area contributed by atoms with E-state index in [1.165, 1.54) is 0 Å². The number of aliphatic carboxylic acids is 1. The largest absolute Gasteiger partial charge is 0.477 e. The predicted octanol–water partition coefficient (Wildman–Crippen LogP) is -14.7. The number of ether oxygens (including phenoxy) is 10. The van der Waals surface area contributed by atoms with Crippen molar-refractivity contribution in [2.45, 2.75) is 217 Å². The van der Waals surface area contributed by atoms with Crippen LogP contribution in [0.2, 0.25) is 0 Å². The highest BCUT2D eigenvalue weighted by molar-refractivity contribution is 5.77. The Balaban J connectivity index is 1.57. The zero-order valence-corrected chi connectivity index (χ0v) is 46.0. The summed E-state index contributed by atoms with van der Waals surface area (Å²) in [5.41, 5.74) is 0. The molecule has 30 atom stereocenters. The monoisotopic (exact) mass is 1240 g/mol. The van der Waals surface area contributed by atoms with Gasteiger partial charge in [0.2, 0.25) is 23.6 Å². The smallest absolute Gasteiger partial charge is 0.364 e. The molecule has 0 unspecified atom stereocenters. The van der Waals surface area contributed by atoms with E-state index in [-0.39, 0.29) is 0 Å². The Hall–Kier alpha value is -3.77. The van der Waals surface area contributed by atoms with Crippen molar-refractivity contribution in [1.82, 2.24) is 21.3 Å². The van der Waals surface area contributed by atoms with Crippen LogP contribution in [0.25, 0.3) is 0 Å². The maximum Gasteiger partial charge on any atom is 0.364 e. The molecule has 5 heterocycles. The van der Waals surface area contributed by atoms with Crippen LogP contribution in [-0.4, -0.2) is 356 Å². The summed E-state index contributed by atoms with van der Waals surface area (Å²) in [7, 11) is 0. The Morgan fingerprint density at radius 1 is 0.529 bits per heavy atom. The lowest BCUT2D eigenvalue weighted by atomic mass is 9.88. The van der Waals surface area contributed by atoms with Gasteiger partial charge < -0.3 is 166 Å². The van der Waals surface area contributed by atoms with Gasteiger partial charge in [-0.15, -0.1) is 0 Å². The molecule has 85 heavy (non-hydrogen) atoms. The molecule has 0 saturated carbocycles. The maximum atomic E-state index is 13.2. The average molecular weight is 1250 g/mol. The summed E-state index contributed by atoms with van der Waals surface area (Å²) in [6.45, 7) is -3.85. The fourth-order valence-electron chi connectivity index (χ4n) is 10.3. The summed E-state index contributed by atoms with van der Waals surface area (Å²) in [5, 5.41) is 214. The molecule has 23 N–H and O–H groups in total. The van der Waals surface area contributed by atoms with Gasteiger partial charge in [0, 0.05) is 34.1 Å². The van der Waals surface area contributed by atoms with Crippen molar-refractivity contribution < 1.29 is 168 Å². The standard InChI is InChI=1S/C47H80N4O34/c1-13(58)48-17(6-52)37(28(65)19(63)7-53)81-43-27(51-16(4)61)39(32(69)24(80-43)12-76-42-26(50-15(3)60)33(70)38(23(11-57)79-42)82-44-35(72)34(71)30(67)21(9-55)77-44)83-45-36(73)41(31(68)22(10-56)78-45)85-47(46(74)75)5-18(62)25(49-14(2)59)40(84-47)29(66)20(64)8-54/h17-45,52-57,62-73H,5-12H2,1-4H3,(H,48,58)(H,49,59)(H,50,60)(H,51,61)(H,74,75)/t17-,18-,19+,20+,21+,22+,23+,24+,25+,26+,27+,28-,29+,30-,31-,32-,33+,34-,35+,36+,37+,38+,39+,40+,41-,42+,43+,44-,45-,47-/m0/s1. The molecule has 0 spiro atoms. The number of carbonyl (C=O) groups excluding carboxylic acids is 4. The molecular weight excluding hydrogens is 1160 g/mol. The molecule has 0 aromatic carbocycles. The van der Waals surface area contributed by atoms with Crippen LogP contribution in [0, 0.1) is 0 Å². The first-order valence-electron chi connectivity index (χ1n) is 26.6. The first-order chi connectivity index (χ1) is 39.9. The number of carboxylic acid groups (broad SMARTS) is 1. The minimum atomic E-state index is -3.29. The van der Waals surface area contributed by atoms with Crippen molar-refractivity contribution in [3.8, 4) is 0 Å². The molecule has 5 aliphatic heterocycles. The molecule has 0 aromatic heterocycles. The summed E-state index contributed by atoms with van der Waals surface area (Å²) in [6, 6.07) is -7.24. The lowest BCUT2D eigenvalue weighted by Crippen LogP contribution is -2.71. The topological polar surface area (TPSA) is 610 Å². The second-order valence-electron chi connectivity index (χ2n) is 20.9. The van der Waals surface area contributed by atoms with Crippen LogP contribution in [0.3, 0.4) is 0 Å². The highest BCUT2D eigenvalue weighted by Gasteiger charge is 2.61. The number of aliphatic hydroxyl groups is 18. The van der Waals surface area contributed by atoms with Gasteiger partial charge in [-0.3, -0.25) is 19.2 Å². The van der Waals surface area contributed by atoms with Gasteiger partial charge in [-0.2, -0.15) is 0 Å². The minimum Gasteiger partial charge on any atom is -0.477 e. The quantitative estimate of drug-likeness (QED) is 0.0363. The predicted molar refractivity (Wildman–Crippen MR) is 265 cm³/mol. The van der Waals surface area contributed by atoms with Gasteiger partial charge in [0.15, 0.2) is 25.2 Å². The third-order valence-corrected chi connectivity index (χ3v) is 14.6. The number of carbonyl (C=O) groups is 5. The van der Waals surface area contributed by atoms with Crippen molar-refractivity contribution in [3.05, 3.63) is 0 Å². The lowest BCUT2D eigenvalue weighted by Gasteiger charge is -2.51. The summed E-state index contributed by atoms with van der Waals surface area (Å²) in [6.07, 6.45) is -53.6. The van der Waals surface area contributed by atoms with Crippen LogP contribution in [0.15, 0.2) is 0 Å². The second-order valence-corrected chi connectivity index (χ2v) is 20.9. The Labute approximate surface area is 482 Å². The molecule has 38 heteroatoms. The Morgan fingerprint density at radius 2 is 1.04 bits per heavy atom. The average Bonchev–Trinajstić information content (AvgIpc) is 1.12. The van der Waals surface area contributed by atoms with E-state index in [1.807, 2.05) is 0 Å². The van der Waals surface area contributed by atoms with Crippen molar-refractivity contribution in [2.24, 2.45) is 0 Å². The summed E-state index contributed by atoms with van der Waals surface area (Å²) in [4.78, 5) is 63.5. The third kappa shape index (κ3) is 16.9. The van der Waals surface area contributed by atoms with Crippen LogP contribution in [-0.2, 0) is 71.3 Å². The van der Waals surface area contributed by atoms with Crippen molar-refractivity contribution in [1.29, 1.82) is 0 Å². The van der Waals surface area contributed by atoms with Gasteiger partial charge in [0.1, 0.15) is 134 Å². The van der Waals surface area contributed by atoms with E-state index in [1.54, 1.807) is 0 Å². The molecule has 0 radical (unpaired) electrons. The van der Waals surface area contributed by atoms with Gasteiger partial charge >= 0.3 is 5.97 Å². The number of nitrogens with one attached hydrogen (secondary N) is 4. The summed E-state index contributed by atoms with van der Waals surface area (Å²) >= 11 is 0. The number of carboxylic acids is 1. The van der Waals surface area contributed by atoms with Crippen LogP contribution >= 0.6 is 0 Å². The number of rotatable bonds is 27. The molecular formula is C47H80N4O34. The van der Waals surface area contributed by atoms with E-state index in [0.717, 1.165) is 27.7 Å². The Kier molecular flexibility index (Phi) is 26.8. The van der Waals surface area contributed by atoms with E-state index in [9.17, 15) is 121 Å². The van der Waals surface area contributed by atoms with Crippen LogP contribution in [0.1, 0.15) is 34.1 Å². The van der Waals surface area contributed by atoms with Gasteiger partial charge in [-0.1, -0.05) is 0 Å². The second kappa shape index (κ2) is 31.6. The molecule has 4 amide bonds. The van der Waals surface area contributed by atoms with E-state index >= 15 is 0 Å². The fourth-order valence-corrected chi connectivity index (χ4v) is 10.3. The van der Waals surface area contributed by atoms with Crippen LogP contribution < -0.4 is 21.3 Å². The molecule has 0 aromatic rings. The summed E-state index contributed by atoms with van der Waals surface area (Å²) < 4.78 is 58.4. The first kappa shape index (κ1) is 72.0. The molecule has 5 saturated heterocycles. The molecule has 5 fully saturated rings. The number of aliphatic hydroxyl groups excluding tert-OH is 18. The van der Waals surface area contributed by atoms with E-state index < -0.39 is 266 Å². The third-order valence-electron chi connectivity index (χ3n) is 14.6. The first-order valence-corrected chi connectivity index (χ1v) is 26.6. The molecule has 38 nitrogen and oxygen atoms in total. The maximum absolute atomic E-state index is 13.2. The molecule has 0 bridgehead atoms. The highest BCUT2D eigenvalue weighted by atomic mass is 16.8. The zero-order chi connectivity index (χ0) is 63.7. The van der Waals surface area contributed by atoms with E-state index in [2.05, 4.69) is 21.3 Å². The Morgan fingerprint density at radius 3 is 1.56 bits per heavy atom. The normalized spacial score (nSPS) is 41.0. The molecule has 492 valence electrons.